The average Bonchev–Trinajstić information content (AvgIpc) is 3.00. The predicted molar refractivity (Wildman–Crippen MR) is 115 cm³/mol. The van der Waals surface area contributed by atoms with Gasteiger partial charge in [0.25, 0.3) is 5.91 Å². The Morgan fingerprint density at radius 3 is 2.55 bits per heavy atom. The van der Waals surface area contributed by atoms with Gasteiger partial charge >= 0.3 is 0 Å². The lowest BCUT2D eigenvalue weighted by atomic mass is 9.95. The first-order valence-electron chi connectivity index (χ1n) is 10.4. The van der Waals surface area contributed by atoms with E-state index in [-0.39, 0.29) is 17.5 Å². The molecule has 1 aromatic carbocycles. The Balaban J connectivity index is 1.83. The molecule has 0 aliphatic heterocycles. The van der Waals surface area contributed by atoms with E-state index in [2.05, 4.69) is 16.0 Å². The fraction of sp³-hybridized carbons (Fsp3) is 0.417. The van der Waals surface area contributed by atoms with Gasteiger partial charge in [-0.15, -0.1) is 0 Å². The molecule has 1 aliphatic rings. The Kier molecular flexibility index (Phi) is 6.77. The van der Waals surface area contributed by atoms with Crippen molar-refractivity contribution in [2.24, 2.45) is 0 Å². The number of ether oxygens (including phenoxy) is 1. The van der Waals surface area contributed by atoms with Gasteiger partial charge in [0.15, 0.2) is 0 Å². The molecule has 29 heavy (non-hydrogen) atoms. The maximum absolute atomic E-state index is 12.6. The average molecular weight is 392 g/mol. The molecule has 1 heterocycles. The number of rotatable bonds is 6. The Morgan fingerprint density at radius 2 is 1.93 bits per heavy atom. The molecule has 2 aromatic rings. The van der Waals surface area contributed by atoms with Gasteiger partial charge in [0, 0.05) is 23.1 Å². The van der Waals surface area contributed by atoms with E-state index in [9.17, 15) is 10.1 Å². The number of benzene rings is 1. The predicted octanol–water partition coefficient (Wildman–Crippen LogP) is 4.85. The van der Waals surface area contributed by atoms with Crippen molar-refractivity contribution in [3.8, 4) is 17.5 Å². The van der Waals surface area contributed by atoms with Crippen LogP contribution in [-0.4, -0.2) is 23.1 Å². The number of hydrogen-bond donors (Lipinski definition) is 1. The SMILES string of the molecule is CCOc1ccc(-n2c(C)cc(/C=C(/C#N)C(=O)NC3CCCCC3)c2C)cc1. The first kappa shape index (κ1) is 20.7. The Morgan fingerprint density at radius 1 is 1.24 bits per heavy atom. The fourth-order valence-corrected chi connectivity index (χ4v) is 4.00. The molecular formula is C24H29N3O2. The summed E-state index contributed by atoms with van der Waals surface area (Å²) in [4.78, 5) is 12.6. The third-order valence-electron chi connectivity index (χ3n) is 5.48. The second-order valence-electron chi connectivity index (χ2n) is 7.57. The van der Waals surface area contributed by atoms with Crippen molar-refractivity contribution in [3.05, 3.63) is 52.9 Å². The monoisotopic (exact) mass is 391 g/mol. The first-order valence-corrected chi connectivity index (χ1v) is 10.4. The van der Waals surface area contributed by atoms with Crippen molar-refractivity contribution in [3.63, 3.8) is 0 Å². The van der Waals surface area contributed by atoms with Crippen LogP contribution in [0.3, 0.4) is 0 Å². The molecule has 152 valence electrons. The highest BCUT2D eigenvalue weighted by atomic mass is 16.5. The standard InChI is InChI=1S/C24H29N3O2/c1-4-29-23-12-10-22(11-13-23)27-17(2)14-19(18(27)3)15-20(16-25)24(28)26-21-8-6-5-7-9-21/h10-15,21H,4-9H2,1-3H3,(H,26,28)/b20-15-. The lowest BCUT2D eigenvalue weighted by Crippen LogP contribution is -2.36. The molecule has 0 unspecified atom stereocenters. The van der Waals surface area contributed by atoms with Gasteiger partial charge in [-0.2, -0.15) is 5.26 Å². The van der Waals surface area contributed by atoms with Crippen LogP contribution in [0.15, 0.2) is 35.9 Å². The summed E-state index contributed by atoms with van der Waals surface area (Å²) in [6, 6.07) is 12.2. The van der Waals surface area contributed by atoms with Crippen LogP contribution in [0, 0.1) is 25.2 Å². The topological polar surface area (TPSA) is 67.0 Å². The van der Waals surface area contributed by atoms with Crippen LogP contribution >= 0.6 is 0 Å². The number of nitrogens with zero attached hydrogens (tertiary/aromatic N) is 2. The maximum atomic E-state index is 12.6. The van der Waals surface area contributed by atoms with E-state index in [1.807, 2.05) is 51.1 Å². The molecule has 3 rings (SSSR count). The molecule has 0 atom stereocenters. The summed E-state index contributed by atoms with van der Waals surface area (Å²) >= 11 is 0. The molecule has 1 aliphatic carbocycles. The van der Waals surface area contributed by atoms with E-state index >= 15 is 0 Å². The summed E-state index contributed by atoms with van der Waals surface area (Å²) in [5.74, 6) is 0.565. The lowest BCUT2D eigenvalue weighted by molar-refractivity contribution is -0.117. The van der Waals surface area contributed by atoms with Crippen molar-refractivity contribution in [1.29, 1.82) is 5.26 Å². The largest absolute Gasteiger partial charge is 0.494 e. The molecule has 0 radical (unpaired) electrons. The number of nitriles is 1. The molecule has 1 aromatic heterocycles. The summed E-state index contributed by atoms with van der Waals surface area (Å²) in [5, 5.41) is 12.6. The van der Waals surface area contributed by atoms with Gasteiger partial charge in [-0.1, -0.05) is 19.3 Å². The van der Waals surface area contributed by atoms with Crippen LogP contribution in [0.5, 0.6) is 5.75 Å². The minimum absolute atomic E-state index is 0.155. The number of amides is 1. The van der Waals surface area contributed by atoms with Gasteiger partial charge in [0.2, 0.25) is 0 Å². The number of hydrogen-bond acceptors (Lipinski definition) is 3. The van der Waals surface area contributed by atoms with E-state index in [1.54, 1.807) is 6.08 Å². The quantitative estimate of drug-likeness (QED) is 0.565. The number of aromatic nitrogens is 1. The molecule has 1 amide bonds. The highest BCUT2D eigenvalue weighted by Crippen LogP contribution is 2.25. The van der Waals surface area contributed by atoms with E-state index in [0.29, 0.717) is 6.61 Å². The Bertz CT molecular complexity index is 926. The number of aryl methyl sites for hydroxylation is 1. The first-order chi connectivity index (χ1) is 14.0. The second kappa shape index (κ2) is 9.47. The fourth-order valence-electron chi connectivity index (χ4n) is 4.00. The Labute approximate surface area is 173 Å². The van der Waals surface area contributed by atoms with Gasteiger partial charge in [-0.25, -0.2) is 0 Å². The highest BCUT2D eigenvalue weighted by Gasteiger charge is 2.19. The molecule has 5 heteroatoms. The summed E-state index contributed by atoms with van der Waals surface area (Å²) in [5.41, 5.74) is 4.09. The number of nitrogens with one attached hydrogen (secondary N) is 1. The van der Waals surface area contributed by atoms with Crippen LogP contribution < -0.4 is 10.1 Å². The van der Waals surface area contributed by atoms with Gasteiger partial charge in [0.1, 0.15) is 17.4 Å². The van der Waals surface area contributed by atoms with Gasteiger partial charge in [-0.05, 0) is 75.6 Å². The van der Waals surface area contributed by atoms with Crippen LogP contribution in [0.2, 0.25) is 0 Å². The summed E-state index contributed by atoms with van der Waals surface area (Å²) in [6.07, 6.45) is 7.20. The van der Waals surface area contributed by atoms with Gasteiger partial charge in [0.05, 0.1) is 6.61 Å². The van der Waals surface area contributed by atoms with Crippen LogP contribution in [0.4, 0.5) is 0 Å². The third kappa shape index (κ3) is 4.89. The van der Waals surface area contributed by atoms with Crippen LogP contribution in [-0.2, 0) is 4.79 Å². The smallest absolute Gasteiger partial charge is 0.262 e. The maximum Gasteiger partial charge on any atom is 0.262 e. The molecule has 0 saturated heterocycles. The molecule has 1 fully saturated rings. The van der Waals surface area contributed by atoms with E-state index < -0.39 is 0 Å². The Hall–Kier alpha value is -3.00. The van der Waals surface area contributed by atoms with Crippen molar-refractivity contribution in [2.45, 2.75) is 58.9 Å². The van der Waals surface area contributed by atoms with Crippen molar-refractivity contribution in [1.82, 2.24) is 9.88 Å². The second-order valence-corrected chi connectivity index (χ2v) is 7.57. The van der Waals surface area contributed by atoms with Crippen molar-refractivity contribution < 1.29 is 9.53 Å². The number of carbonyl (C=O) groups is 1. The van der Waals surface area contributed by atoms with Crippen molar-refractivity contribution >= 4 is 12.0 Å². The van der Waals surface area contributed by atoms with E-state index in [1.165, 1.54) is 6.42 Å². The number of carbonyl (C=O) groups excluding carboxylic acids is 1. The summed E-state index contributed by atoms with van der Waals surface area (Å²) in [7, 11) is 0. The summed E-state index contributed by atoms with van der Waals surface area (Å²) < 4.78 is 7.64. The van der Waals surface area contributed by atoms with E-state index in [0.717, 1.165) is 54.1 Å². The zero-order valence-corrected chi connectivity index (χ0v) is 17.5. The molecule has 0 bridgehead atoms. The van der Waals surface area contributed by atoms with E-state index in [4.69, 9.17) is 4.74 Å². The molecule has 0 spiro atoms. The molecule has 1 saturated carbocycles. The van der Waals surface area contributed by atoms with Crippen LogP contribution in [0.1, 0.15) is 56.0 Å². The zero-order valence-electron chi connectivity index (χ0n) is 17.5. The lowest BCUT2D eigenvalue weighted by Gasteiger charge is -2.22. The molecule has 5 nitrogen and oxygen atoms in total. The van der Waals surface area contributed by atoms with Gasteiger partial charge in [-0.3, -0.25) is 4.79 Å². The molecular weight excluding hydrogens is 362 g/mol. The van der Waals surface area contributed by atoms with Crippen molar-refractivity contribution in [2.75, 3.05) is 6.61 Å². The zero-order chi connectivity index (χ0) is 20.8. The minimum atomic E-state index is -0.273. The highest BCUT2D eigenvalue weighted by molar-refractivity contribution is 6.02. The normalized spacial score (nSPS) is 15.0. The van der Waals surface area contributed by atoms with Crippen LogP contribution in [0.25, 0.3) is 11.8 Å². The minimum Gasteiger partial charge on any atom is -0.494 e. The third-order valence-corrected chi connectivity index (χ3v) is 5.48. The molecule has 1 N–H and O–H groups in total. The summed E-state index contributed by atoms with van der Waals surface area (Å²) in [6.45, 7) is 6.62. The van der Waals surface area contributed by atoms with Gasteiger partial charge < -0.3 is 14.6 Å².